The fourth-order valence-electron chi connectivity index (χ4n) is 1.96. The Morgan fingerprint density at radius 2 is 1.95 bits per heavy atom. The Bertz CT molecular complexity index is 403. The molecular weight excluding hydrogens is 274 g/mol. The van der Waals surface area contributed by atoms with Gasteiger partial charge in [0.25, 0.3) is 0 Å². The lowest BCUT2D eigenvalue weighted by atomic mass is 10.1. The van der Waals surface area contributed by atoms with Gasteiger partial charge >= 0.3 is 5.97 Å². The highest BCUT2D eigenvalue weighted by atomic mass is 32.1. The van der Waals surface area contributed by atoms with E-state index in [0.29, 0.717) is 6.54 Å². The number of nitrogens with one attached hydrogen (secondary N) is 1. The van der Waals surface area contributed by atoms with E-state index < -0.39 is 5.97 Å². The summed E-state index contributed by atoms with van der Waals surface area (Å²) in [5.41, 5.74) is 0. The van der Waals surface area contributed by atoms with E-state index in [9.17, 15) is 9.59 Å². The molecule has 1 heterocycles. The standard InChI is InChI=1S/C15H23NO3S/c1-12(13-8-7-11-20-13)15(19)16-10-6-4-2-3-5-9-14(17)18/h7-8,11-12H,2-6,9-10H2,1H3,(H,16,19)(H,17,18). The quantitative estimate of drug-likeness (QED) is 0.650. The van der Waals surface area contributed by atoms with Gasteiger partial charge in [-0.1, -0.05) is 25.3 Å². The van der Waals surface area contributed by atoms with Crippen LogP contribution in [0.25, 0.3) is 0 Å². The van der Waals surface area contributed by atoms with Crippen LogP contribution in [-0.2, 0) is 9.59 Å². The van der Waals surface area contributed by atoms with E-state index in [-0.39, 0.29) is 18.2 Å². The van der Waals surface area contributed by atoms with Crippen molar-refractivity contribution >= 4 is 23.2 Å². The number of amides is 1. The van der Waals surface area contributed by atoms with E-state index in [2.05, 4.69) is 5.32 Å². The Balaban J connectivity index is 2.01. The minimum atomic E-state index is -0.722. The molecule has 0 fully saturated rings. The molecule has 1 amide bonds. The van der Waals surface area contributed by atoms with Gasteiger partial charge in [0.05, 0.1) is 5.92 Å². The normalized spacial score (nSPS) is 12.1. The number of thiophene rings is 1. The summed E-state index contributed by atoms with van der Waals surface area (Å²) in [6.07, 6.45) is 4.98. The number of carboxylic acids is 1. The average Bonchev–Trinajstić information content (AvgIpc) is 2.94. The highest BCUT2D eigenvalue weighted by molar-refractivity contribution is 7.10. The lowest BCUT2D eigenvalue weighted by molar-refractivity contribution is -0.137. The number of unbranched alkanes of at least 4 members (excludes halogenated alkanes) is 4. The smallest absolute Gasteiger partial charge is 0.303 e. The van der Waals surface area contributed by atoms with Gasteiger partial charge in [-0.05, 0) is 31.2 Å². The predicted octanol–water partition coefficient (Wildman–Crippen LogP) is 3.39. The molecule has 0 aliphatic heterocycles. The van der Waals surface area contributed by atoms with Crippen molar-refractivity contribution in [2.45, 2.75) is 51.4 Å². The Morgan fingerprint density at radius 3 is 2.60 bits per heavy atom. The van der Waals surface area contributed by atoms with Gasteiger partial charge in [-0.3, -0.25) is 9.59 Å². The Hall–Kier alpha value is -1.36. The zero-order chi connectivity index (χ0) is 14.8. The van der Waals surface area contributed by atoms with Crippen molar-refractivity contribution < 1.29 is 14.7 Å². The lowest BCUT2D eigenvalue weighted by Crippen LogP contribution is -2.28. The van der Waals surface area contributed by atoms with E-state index in [1.807, 2.05) is 24.4 Å². The molecule has 1 aromatic heterocycles. The van der Waals surface area contributed by atoms with E-state index in [4.69, 9.17) is 5.11 Å². The van der Waals surface area contributed by atoms with Crippen LogP contribution in [0, 0.1) is 0 Å². The fourth-order valence-corrected chi connectivity index (χ4v) is 2.75. The molecule has 1 aromatic rings. The lowest BCUT2D eigenvalue weighted by Gasteiger charge is -2.10. The maximum Gasteiger partial charge on any atom is 0.303 e. The zero-order valence-electron chi connectivity index (χ0n) is 11.9. The van der Waals surface area contributed by atoms with E-state index >= 15 is 0 Å². The van der Waals surface area contributed by atoms with Crippen molar-refractivity contribution in [3.63, 3.8) is 0 Å². The second kappa shape index (κ2) is 9.53. The third-order valence-electron chi connectivity index (χ3n) is 3.23. The average molecular weight is 297 g/mol. The van der Waals surface area contributed by atoms with Crippen LogP contribution >= 0.6 is 11.3 Å². The molecule has 1 unspecified atom stereocenters. The molecule has 5 heteroatoms. The highest BCUT2D eigenvalue weighted by Crippen LogP contribution is 2.20. The molecule has 0 saturated heterocycles. The first kappa shape index (κ1) is 16.7. The molecular formula is C15H23NO3S. The molecule has 0 aliphatic rings. The van der Waals surface area contributed by atoms with Crippen molar-refractivity contribution in [3.05, 3.63) is 22.4 Å². The third-order valence-corrected chi connectivity index (χ3v) is 4.28. The maximum atomic E-state index is 11.9. The molecule has 0 spiro atoms. The number of aliphatic carboxylic acids is 1. The maximum absolute atomic E-state index is 11.9. The van der Waals surface area contributed by atoms with Crippen molar-refractivity contribution in [1.82, 2.24) is 5.32 Å². The molecule has 112 valence electrons. The van der Waals surface area contributed by atoms with Crippen LogP contribution < -0.4 is 5.32 Å². The summed E-state index contributed by atoms with van der Waals surface area (Å²) < 4.78 is 0. The Labute approximate surface area is 124 Å². The summed E-state index contributed by atoms with van der Waals surface area (Å²) in [7, 11) is 0. The molecule has 4 nitrogen and oxygen atoms in total. The second-order valence-corrected chi connectivity index (χ2v) is 5.92. The van der Waals surface area contributed by atoms with Crippen molar-refractivity contribution in [2.24, 2.45) is 0 Å². The molecule has 1 rings (SSSR count). The van der Waals surface area contributed by atoms with Gasteiger partial charge in [-0.15, -0.1) is 11.3 Å². The predicted molar refractivity (Wildman–Crippen MR) is 81.1 cm³/mol. The molecule has 20 heavy (non-hydrogen) atoms. The first-order valence-electron chi connectivity index (χ1n) is 7.14. The van der Waals surface area contributed by atoms with Crippen LogP contribution in [0.15, 0.2) is 17.5 Å². The van der Waals surface area contributed by atoms with Crippen molar-refractivity contribution in [2.75, 3.05) is 6.54 Å². The summed E-state index contributed by atoms with van der Waals surface area (Å²) in [5, 5.41) is 13.4. The number of rotatable bonds is 10. The topological polar surface area (TPSA) is 66.4 Å². The van der Waals surface area contributed by atoms with Crippen LogP contribution in [0.4, 0.5) is 0 Å². The summed E-state index contributed by atoms with van der Waals surface area (Å²) >= 11 is 1.61. The molecule has 0 saturated carbocycles. The largest absolute Gasteiger partial charge is 0.481 e. The summed E-state index contributed by atoms with van der Waals surface area (Å²) in [5.74, 6) is -0.719. The van der Waals surface area contributed by atoms with Crippen LogP contribution in [0.1, 0.15) is 56.2 Å². The molecule has 2 N–H and O–H groups in total. The highest BCUT2D eigenvalue weighted by Gasteiger charge is 2.14. The number of hydrogen-bond donors (Lipinski definition) is 2. The molecule has 1 atom stereocenters. The number of hydrogen-bond acceptors (Lipinski definition) is 3. The van der Waals surface area contributed by atoms with Gasteiger partial charge < -0.3 is 10.4 Å². The molecule has 0 radical (unpaired) electrons. The fraction of sp³-hybridized carbons (Fsp3) is 0.600. The minimum absolute atomic E-state index is 0.0782. The first-order valence-corrected chi connectivity index (χ1v) is 8.02. The van der Waals surface area contributed by atoms with Gasteiger partial charge in [0, 0.05) is 17.8 Å². The number of carboxylic acid groups (broad SMARTS) is 1. The first-order chi connectivity index (χ1) is 9.61. The Kier molecular flexibility index (Phi) is 7.95. The van der Waals surface area contributed by atoms with Crippen molar-refractivity contribution in [1.29, 1.82) is 0 Å². The van der Waals surface area contributed by atoms with Crippen molar-refractivity contribution in [3.8, 4) is 0 Å². The van der Waals surface area contributed by atoms with E-state index in [0.717, 1.165) is 37.0 Å². The van der Waals surface area contributed by atoms with Gasteiger partial charge in [0.1, 0.15) is 0 Å². The van der Waals surface area contributed by atoms with Gasteiger partial charge in [0.2, 0.25) is 5.91 Å². The SMILES string of the molecule is CC(C(=O)NCCCCCCCC(=O)O)c1cccs1. The van der Waals surface area contributed by atoms with Gasteiger partial charge in [-0.2, -0.15) is 0 Å². The Morgan fingerprint density at radius 1 is 1.25 bits per heavy atom. The number of carbonyl (C=O) groups excluding carboxylic acids is 1. The summed E-state index contributed by atoms with van der Waals surface area (Å²) in [6.45, 7) is 2.63. The number of carbonyl (C=O) groups is 2. The van der Waals surface area contributed by atoms with Crippen LogP contribution in [0.3, 0.4) is 0 Å². The zero-order valence-corrected chi connectivity index (χ0v) is 12.7. The van der Waals surface area contributed by atoms with Gasteiger partial charge in [0.15, 0.2) is 0 Å². The van der Waals surface area contributed by atoms with Gasteiger partial charge in [-0.25, -0.2) is 0 Å². The van der Waals surface area contributed by atoms with Crippen LogP contribution in [0.5, 0.6) is 0 Å². The monoisotopic (exact) mass is 297 g/mol. The second-order valence-electron chi connectivity index (χ2n) is 4.94. The summed E-state index contributed by atoms with van der Waals surface area (Å²) in [6, 6.07) is 3.94. The third kappa shape index (κ3) is 6.70. The molecule has 0 aliphatic carbocycles. The van der Waals surface area contributed by atoms with E-state index in [1.54, 1.807) is 11.3 Å². The van der Waals surface area contributed by atoms with E-state index in [1.165, 1.54) is 0 Å². The minimum Gasteiger partial charge on any atom is -0.481 e. The van der Waals surface area contributed by atoms with Crippen LogP contribution in [0.2, 0.25) is 0 Å². The summed E-state index contributed by atoms with van der Waals surface area (Å²) in [4.78, 5) is 23.3. The van der Waals surface area contributed by atoms with Crippen LogP contribution in [-0.4, -0.2) is 23.5 Å². The molecule has 0 bridgehead atoms. The molecule has 0 aromatic carbocycles.